The minimum absolute atomic E-state index is 0.308. The number of thioether (sulfide) groups is 1. The molecule has 0 radical (unpaired) electrons. The van der Waals surface area contributed by atoms with E-state index in [4.69, 9.17) is 15.2 Å². The van der Waals surface area contributed by atoms with Gasteiger partial charge in [-0.1, -0.05) is 0 Å². The summed E-state index contributed by atoms with van der Waals surface area (Å²) in [7, 11) is 1.38. The molecular formula is C16H17N3O3S2. The van der Waals surface area contributed by atoms with Crippen molar-refractivity contribution in [1.82, 2.24) is 4.98 Å². The highest BCUT2D eigenvalue weighted by Crippen LogP contribution is 2.31. The first kappa shape index (κ1) is 16.8. The predicted molar refractivity (Wildman–Crippen MR) is 97.9 cm³/mol. The number of esters is 1. The molecule has 0 amide bonds. The summed E-state index contributed by atoms with van der Waals surface area (Å²) in [5.41, 5.74) is 7.29. The van der Waals surface area contributed by atoms with E-state index in [0.29, 0.717) is 12.4 Å². The average molecular weight is 363 g/mol. The molecule has 1 aromatic heterocycles. The van der Waals surface area contributed by atoms with Gasteiger partial charge in [-0.3, -0.25) is 4.99 Å². The molecule has 2 heterocycles. The van der Waals surface area contributed by atoms with Crippen LogP contribution in [0.4, 0.5) is 0 Å². The van der Waals surface area contributed by atoms with Crippen LogP contribution in [0.1, 0.15) is 11.9 Å². The zero-order chi connectivity index (χ0) is 17.1. The highest BCUT2D eigenvalue weighted by atomic mass is 32.2. The Morgan fingerprint density at radius 3 is 3.08 bits per heavy atom. The van der Waals surface area contributed by atoms with E-state index in [0.717, 1.165) is 31.6 Å². The number of nitrogens with two attached hydrogens (primary N) is 1. The first-order valence-electron chi connectivity index (χ1n) is 7.30. The molecule has 0 bridgehead atoms. The topological polar surface area (TPSA) is 86.8 Å². The lowest BCUT2D eigenvalue weighted by Crippen LogP contribution is -2.19. The predicted octanol–water partition coefficient (Wildman–Crippen LogP) is 2.57. The molecule has 2 aromatic rings. The van der Waals surface area contributed by atoms with Crippen LogP contribution in [-0.4, -0.2) is 41.5 Å². The second-order valence-corrected chi connectivity index (χ2v) is 7.27. The summed E-state index contributed by atoms with van der Waals surface area (Å²) in [5.74, 6) is 1.06. The number of carbonyl (C=O) groups excluding carboxylic acids is 1. The molecule has 2 N–H and O–H groups in total. The van der Waals surface area contributed by atoms with Gasteiger partial charge in [-0.15, -0.1) is 23.1 Å². The fourth-order valence-electron chi connectivity index (χ4n) is 2.08. The standard InChI is InChI=1S/C16H17N3O3S2/c1-9(6-17)7-22-10-3-4-11-13(5-10)24-15(18-11)14-19-12(8-23-14)16(20)21-2/h3-6,12H,7-8,17H2,1-2H3/b9-6-. The summed E-state index contributed by atoms with van der Waals surface area (Å²) in [6, 6.07) is 5.32. The van der Waals surface area contributed by atoms with Crippen LogP contribution in [-0.2, 0) is 9.53 Å². The maximum Gasteiger partial charge on any atom is 0.331 e. The van der Waals surface area contributed by atoms with E-state index >= 15 is 0 Å². The van der Waals surface area contributed by atoms with Gasteiger partial charge >= 0.3 is 5.97 Å². The number of rotatable bonds is 5. The van der Waals surface area contributed by atoms with Gasteiger partial charge in [-0.05, 0) is 36.9 Å². The number of aliphatic imine (C=N–C) groups is 1. The Balaban J connectivity index is 1.80. The van der Waals surface area contributed by atoms with E-state index in [1.165, 1.54) is 36.4 Å². The summed E-state index contributed by atoms with van der Waals surface area (Å²) in [5, 5.41) is 1.60. The summed E-state index contributed by atoms with van der Waals surface area (Å²) < 4.78 is 11.5. The van der Waals surface area contributed by atoms with Gasteiger partial charge in [0.1, 0.15) is 22.4 Å². The largest absolute Gasteiger partial charge is 0.489 e. The number of aromatic nitrogens is 1. The van der Waals surface area contributed by atoms with E-state index < -0.39 is 6.04 Å². The lowest BCUT2D eigenvalue weighted by Gasteiger charge is -2.05. The number of hydrogen-bond donors (Lipinski definition) is 1. The molecule has 1 unspecified atom stereocenters. The zero-order valence-electron chi connectivity index (χ0n) is 13.3. The average Bonchev–Trinajstić information content (AvgIpc) is 3.24. The van der Waals surface area contributed by atoms with E-state index in [9.17, 15) is 4.79 Å². The quantitative estimate of drug-likeness (QED) is 0.822. The summed E-state index contributed by atoms with van der Waals surface area (Å²) in [6.45, 7) is 2.37. The molecule has 0 fully saturated rings. The summed E-state index contributed by atoms with van der Waals surface area (Å²) in [4.78, 5) is 20.6. The first-order valence-corrected chi connectivity index (χ1v) is 9.10. The van der Waals surface area contributed by atoms with Crippen LogP contribution in [0.3, 0.4) is 0 Å². The van der Waals surface area contributed by atoms with Gasteiger partial charge in [0.15, 0.2) is 6.04 Å². The summed E-state index contributed by atoms with van der Waals surface area (Å²) >= 11 is 3.06. The molecule has 0 spiro atoms. The third kappa shape index (κ3) is 3.54. The Morgan fingerprint density at radius 1 is 1.50 bits per heavy atom. The van der Waals surface area contributed by atoms with Gasteiger partial charge in [0, 0.05) is 5.75 Å². The molecule has 0 saturated carbocycles. The molecule has 1 aliphatic rings. The van der Waals surface area contributed by atoms with Crippen LogP contribution >= 0.6 is 23.1 Å². The zero-order valence-corrected chi connectivity index (χ0v) is 14.9. The normalized spacial score (nSPS) is 17.8. The van der Waals surface area contributed by atoms with Crippen molar-refractivity contribution in [2.45, 2.75) is 13.0 Å². The molecule has 1 atom stereocenters. The van der Waals surface area contributed by atoms with Crippen molar-refractivity contribution in [2.24, 2.45) is 10.7 Å². The van der Waals surface area contributed by atoms with Gasteiger partial charge in [0.25, 0.3) is 0 Å². The third-order valence-electron chi connectivity index (χ3n) is 3.42. The third-order valence-corrected chi connectivity index (χ3v) is 5.63. The van der Waals surface area contributed by atoms with Crippen molar-refractivity contribution in [2.75, 3.05) is 19.5 Å². The van der Waals surface area contributed by atoms with Crippen LogP contribution in [0.2, 0.25) is 0 Å². The van der Waals surface area contributed by atoms with Crippen molar-refractivity contribution >= 4 is 44.3 Å². The smallest absolute Gasteiger partial charge is 0.331 e. The van der Waals surface area contributed by atoms with E-state index in [2.05, 4.69) is 9.98 Å². The van der Waals surface area contributed by atoms with Crippen LogP contribution in [0.5, 0.6) is 5.75 Å². The Morgan fingerprint density at radius 2 is 2.33 bits per heavy atom. The van der Waals surface area contributed by atoms with E-state index in [-0.39, 0.29) is 5.97 Å². The highest BCUT2D eigenvalue weighted by Gasteiger charge is 2.27. The van der Waals surface area contributed by atoms with Crippen LogP contribution in [0.25, 0.3) is 10.2 Å². The number of ether oxygens (including phenoxy) is 2. The van der Waals surface area contributed by atoms with Crippen LogP contribution < -0.4 is 10.5 Å². The highest BCUT2D eigenvalue weighted by molar-refractivity contribution is 8.15. The van der Waals surface area contributed by atoms with E-state index in [1.807, 2.05) is 25.1 Å². The van der Waals surface area contributed by atoms with Crippen LogP contribution in [0, 0.1) is 0 Å². The molecule has 6 nitrogen and oxygen atoms in total. The fourth-order valence-corrected chi connectivity index (χ4v) is 4.16. The van der Waals surface area contributed by atoms with Gasteiger partial charge in [0.05, 0.1) is 17.3 Å². The number of methoxy groups -OCH3 is 1. The Hall–Kier alpha value is -2.06. The van der Waals surface area contributed by atoms with Crippen molar-refractivity contribution < 1.29 is 14.3 Å². The Kier molecular flexibility index (Phi) is 5.06. The van der Waals surface area contributed by atoms with Gasteiger partial charge in [-0.2, -0.15) is 0 Å². The molecule has 0 saturated heterocycles. The van der Waals surface area contributed by atoms with Crippen molar-refractivity contribution in [3.05, 3.63) is 35.0 Å². The maximum atomic E-state index is 11.6. The maximum absolute atomic E-state index is 11.6. The number of carbonyl (C=O) groups is 1. The molecular weight excluding hydrogens is 346 g/mol. The van der Waals surface area contributed by atoms with Crippen molar-refractivity contribution in [3.8, 4) is 5.75 Å². The molecule has 8 heteroatoms. The molecule has 126 valence electrons. The van der Waals surface area contributed by atoms with E-state index in [1.54, 1.807) is 0 Å². The second kappa shape index (κ2) is 7.23. The number of nitrogens with zero attached hydrogens (tertiary/aromatic N) is 2. The lowest BCUT2D eigenvalue weighted by atomic mass is 10.3. The number of hydrogen-bond acceptors (Lipinski definition) is 8. The number of thiazole rings is 1. The van der Waals surface area contributed by atoms with Crippen LogP contribution in [0.15, 0.2) is 35.0 Å². The minimum atomic E-state index is -0.438. The monoisotopic (exact) mass is 363 g/mol. The number of benzene rings is 1. The molecule has 1 aromatic carbocycles. The Bertz CT molecular complexity index is 829. The fraction of sp³-hybridized carbons (Fsp3) is 0.312. The van der Waals surface area contributed by atoms with Crippen molar-refractivity contribution in [1.29, 1.82) is 0 Å². The van der Waals surface area contributed by atoms with Gasteiger partial charge in [0.2, 0.25) is 0 Å². The molecule has 3 rings (SSSR count). The Labute approximate surface area is 147 Å². The van der Waals surface area contributed by atoms with Gasteiger partial charge < -0.3 is 15.2 Å². The molecule has 1 aliphatic heterocycles. The summed E-state index contributed by atoms with van der Waals surface area (Å²) in [6.07, 6.45) is 1.54. The molecule has 24 heavy (non-hydrogen) atoms. The van der Waals surface area contributed by atoms with Gasteiger partial charge in [-0.25, -0.2) is 9.78 Å². The molecule has 0 aliphatic carbocycles. The lowest BCUT2D eigenvalue weighted by molar-refractivity contribution is -0.141. The number of fused-ring (bicyclic) bond motifs is 1. The second-order valence-electron chi connectivity index (χ2n) is 5.23. The SMILES string of the molecule is COC(=O)C1CSC(c2nc3ccc(OC/C(C)=C\N)cc3s2)=N1. The minimum Gasteiger partial charge on any atom is -0.489 e. The van der Waals surface area contributed by atoms with Crippen molar-refractivity contribution in [3.63, 3.8) is 0 Å². The first-order chi connectivity index (χ1) is 11.6.